The van der Waals surface area contributed by atoms with Crippen molar-refractivity contribution in [2.75, 3.05) is 0 Å². The summed E-state index contributed by atoms with van der Waals surface area (Å²) in [5.41, 5.74) is 3.86. The summed E-state index contributed by atoms with van der Waals surface area (Å²) in [5, 5.41) is 2.18. The SMILES string of the molecule is c1cnc2c(-c3ncnc4c3sc3ncccc34)cccc2c1. The molecular formula is C18H10N4S. The Balaban J connectivity index is 1.93. The summed E-state index contributed by atoms with van der Waals surface area (Å²) in [7, 11) is 0. The lowest BCUT2D eigenvalue weighted by molar-refractivity contribution is 1.23. The van der Waals surface area contributed by atoms with Crippen LogP contribution in [0.1, 0.15) is 0 Å². The molecule has 0 amide bonds. The van der Waals surface area contributed by atoms with E-state index in [-0.39, 0.29) is 0 Å². The minimum Gasteiger partial charge on any atom is -0.256 e. The summed E-state index contributed by atoms with van der Waals surface area (Å²) in [4.78, 5) is 19.0. The highest BCUT2D eigenvalue weighted by atomic mass is 32.1. The van der Waals surface area contributed by atoms with Crippen molar-refractivity contribution in [3.05, 3.63) is 61.2 Å². The quantitative estimate of drug-likeness (QED) is 0.458. The first-order chi connectivity index (χ1) is 11.4. The number of rotatable bonds is 1. The first kappa shape index (κ1) is 12.6. The van der Waals surface area contributed by atoms with Gasteiger partial charge in [0.15, 0.2) is 0 Å². The maximum atomic E-state index is 4.55. The van der Waals surface area contributed by atoms with E-state index >= 15 is 0 Å². The van der Waals surface area contributed by atoms with Crippen LogP contribution in [0.2, 0.25) is 0 Å². The van der Waals surface area contributed by atoms with Crippen molar-refractivity contribution < 1.29 is 0 Å². The molecule has 0 N–H and O–H groups in total. The van der Waals surface area contributed by atoms with Crippen LogP contribution >= 0.6 is 11.3 Å². The van der Waals surface area contributed by atoms with Gasteiger partial charge in [0.25, 0.3) is 0 Å². The molecule has 4 heterocycles. The third-order valence-electron chi connectivity index (χ3n) is 3.92. The molecule has 5 heteroatoms. The van der Waals surface area contributed by atoms with Gasteiger partial charge in [-0.3, -0.25) is 4.98 Å². The first-order valence-corrected chi connectivity index (χ1v) is 8.06. The van der Waals surface area contributed by atoms with Crippen LogP contribution in [-0.2, 0) is 0 Å². The lowest BCUT2D eigenvalue weighted by Gasteiger charge is -2.05. The van der Waals surface area contributed by atoms with E-state index in [0.717, 1.165) is 42.6 Å². The van der Waals surface area contributed by atoms with Crippen molar-refractivity contribution in [1.82, 2.24) is 19.9 Å². The van der Waals surface area contributed by atoms with Gasteiger partial charge in [-0.2, -0.15) is 0 Å². The lowest BCUT2D eigenvalue weighted by Crippen LogP contribution is -1.89. The molecule has 1 aromatic carbocycles. The molecule has 23 heavy (non-hydrogen) atoms. The second-order valence-electron chi connectivity index (χ2n) is 5.24. The molecule has 0 fully saturated rings. The molecule has 0 saturated heterocycles. The van der Waals surface area contributed by atoms with Crippen LogP contribution < -0.4 is 0 Å². The summed E-state index contributed by atoms with van der Waals surface area (Å²) in [6.07, 6.45) is 5.25. The van der Waals surface area contributed by atoms with E-state index in [9.17, 15) is 0 Å². The molecule has 0 bridgehead atoms. The number of hydrogen-bond donors (Lipinski definition) is 0. The van der Waals surface area contributed by atoms with Gasteiger partial charge in [-0.05, 0) is 18.2 Å². The van der Waals surface area contributed by atoms with Crippen molar-refractivity contribution in [2.24, 2.45) is 0 Å². The number of nitrogens with zero attached hydrogens (tertiary/aromatic N) is 4. The zero-order valence-corrected chi connectivity index (χ0v) is 12.8. The van der Waals surface area contributed by atoms with Gasteiger partial charge in [0, 0.05) is 28.7 Å². The van der Waals surface area contributed by atoms with Crippen molar-refractivity contribution in [3.8, 4) is 11.3 Å². The molecular weight excluding hydrogens is 304 g/mol. The summed E-state index contributed by atoms with van der Waals surface area (Å²) in [6.45, 7) is 0. The fraction of sp³-hybridized carbons (Fsp3) is 0. The maximum absolute atomic E-state index is 4.55. The molecule has 0 aliphatic carbocycles. The summed E-state index contributed by atoms with van der Waals surface area (Å²) in [5.74, 6) is 0. The zero-order valence-electron chi connectivity index (χ0n) is 12.0. The molecule has 0 unspecified atom stereocenters. The van der Waals surface area contributed by atoms with E-state index in [1.165, 1.54) is 0 Å². The number of para-hydroxylation sites is 1. The number of aromatic nitrogens is 4. The topological polar surface area (TPSA) is 51.6 Å². The van der Waals surface area contributed by atoms with Crippen LogP contribution in [0.15, 0.2) is 61.2 Å². The van der Waals surface area contributed by atoms with Gasteiger partial charge in [-0.15, -0.1) is 11.3 Å². The van der Waals surface area contributed by atoms with Gasteiger partial charge in [0.05, 0.1) is 21.4 Å². The van der Waals surface area contributed by atoms with Crippen LogP contribution in [0.3, 0.4) is 0 Å². The Labute approximate surface area is 135 Å². The van der Waals surface area contributed by atoms with Crippen molar-refractivity contribution >= 4 is 42.7 Å². The van der Waals surface area contributed by atoms with Gasteiger partial charge in [0.1, 0.15) is 11.2 Å². The van der Waals surface area contributed by atoms with E-state index in [2.05, 4.69) is 44.2 Å². The third-order valence-corrected chi connectivity index (χ3v) is 5.03. The highest BCUT2D eigenvalue weighted by molar-refractivity contribution is 7.25. The Hall–Kier alpha value is -2.92. The standard InChI is InChI=1S/C18H10N4S/c1-4-11-5-2-8-19-14(11)12(6-1)15-17-16(22-10-21-15)13-7-3-9-20-18(13)23-17/h1-10H. The highest BCUT2D eigenvalue weighted by Gasteiger charge is 2.15. The van der Waals surface area contributed by atoms with Crippen LogP contribution in [0.5, 0.6) is 0 Å². The Kier molecular flexibility index (Phi) is 2.63. The zero-order chi connectivity index (χ0) is 15.2. The van der Waals surface area contributed by atoms with Crippen LogP contribution in [0.4, 0.5) is 0 Å². The van der Waals surface area contributed by atoms with Crippen LogP contribution in [-0.4, -0.2) is 19.9 Å². The molecule has 0 aliphatic rings. The second kappa shape index (κ2) is 4.79. The van der Waals surface area contributed by atoms with E-state index in [4.69, 9.17) is 0 Å². The minimum absolute atomic E-state index is 0.919. The summed E-state index contributed by atoms with van der Waals surface area (Å²) in [6, 6.07) is 14.2. The van der Waals surface area contributed by atoms with Gasteiger partial charge in [0.2, 0.25) is 0 Å². The predicted octanol–water partition coefficient (Wildman–Crippen LogP) is 4.45. The average molecular weight is 314 g/mol. The number of hydrogen-bond acceptors (Lipinski definition) is 5. The smallest absolute Gasteiger partial charge is 0.126 e. The molecule has 0 atom stereocenters. The van der Waals surface area contributed by atoms with E-state index in [1.54, 1.807) is 17.7 Å². The Morgan fingerprint density at radius 3 is 2.61 bits per heavy atom. The fourth-order valence-electron chi connectivity index (χ4n) is 2.90. The third kappa shape index (κ3) is 1.83. The van der Waals surface area contributed by atoms with Gasteiger partial charge < -0.3 is 0 Å². The van der Waals surface area contributed by atoms with Crippen molar-refractivity contribution in [2.45, 2.75) is 0 Å². The Morgan fingerprint density at radius 2 is 1.61 bits per heavy atom. The highest BCUT2D eigenvalue weighted by Crippen LogP contribution is 2.37. The normalized spacial score (nSPS) is 11.5. The molecule has 0 spiro atoms. The fourth-order valence-corrected chi connectivity index (χ4v) is 4.00. The molecule has 5 rings (SSSR count). The largest absolute Gasteiger partial charge is 0.256 e. The number of pyridine rings is 2. The lowest BCUT2D eigenvalue weighted by atomic mass is 10.1. The number of benzene rings is 1. The molecule has 0 aliphatic heterocycles. The number of thiophene rings is 1. The molecule has 4 aromatic heterocycles. The summed E-state index contributed by atoms with van der Waals surface area (Å²) < 4.78 is 1.05. The predicted molar refractivity (Wildman–Crippen MR) is 93.5 cm³/mol. The molecule has 5 aromatic rings. The Bertz CT molecular complexity index is 1170. The van der Waals surface area contributed by atoms with E-state index < -0.39 is 0 Å². The molecule has 0 saturated carbocycles. The average Bonchev–Trinajstić information content (AvgIpc) is 3.00. The number of fused-ring (bicyclic) bond motifs is 4. The molecule has 0 radical (unpaired) electrons. The van der Waals surface area contributed by atoms with Crippen LogP contribution in [0.25, 0.3) is 42.6 Å². The first-order valence-electron chi connectivity index (χ1n) is 7.24. The van der Waals surface area contributed by atoms with Gasteiger partial charge >= 0.3 is 0 Å². The Morgan fingerprint density at radius 1 is 0.739 bits per heavy atom. The van der Waals surface area contributed by atoms with E-state index in [0.29, 0.717) is 0 Å². The van der Waals surface area contributed by atoms with Gasteiger partial charge in [-0.1, -0.05) is 24.3 Å². The van der Waals surface area contributed by atoms with Crippen molar-refractivity contribution in [1.29, 1.82) is 0 Å². The van der Waals surface area contributed by atoms with Crippen molar-refractivity contribution in [3.63, 3.8) is 0 Å². The second-order valence-corrected chi connectivity index (χ2v) is 6.24. The van der Waals surface area contributed by atoms with E-state index in [1.807, 2.05) is 30.6 Å². The van der Waals surface area contributed by atoms with Gasteiger partial charge in [-0.25, -0.2) is 15.0 Å². The molecule has 4 nitrogen and oxygen atoms in total. The molecule has 108 valence electrons. The summed E-state index contributed by atoms with van der Waals surface area (Å²) >= 11 is 1.63. The van der Waals surface area contributed by atoms with Crippen LogP contribution in [0, 0.1) is 0 Å². The monoisotopic (exact) mass is 314 g/mol. The maximum Gasteiger partial charge on any atom is 0.126 e. The minimum atomic E-state index is 0.919.